The number of hydrogen-bond donors (Lipinski definition) is 1. The topological polar surface area (TPSA) is 83.9 Å². The van der Waals surface area contributed by atoms with Crippen LogP contribution in [0.25, 0.3) is 21.9 Å². The maximum Gasteiger partial charge on any atom is 0.261 e. The van der Waals surface area contributed by atoms with Gasteiger partial charge in [0.2, 0.25) is 5.91 Å². The fourth-order valence-electron chi connectivity index (χ4n) is 4.33. The molecule has 0 spiro atoms. The zero-order valence-electron chi connectivity index (χ0n) is 17.0. The van der Waals surface area contributed by atoms with Crippen LogP contribution in [0.2, 0.25) is 0 Å². The van der Waals surface area contributed by atoms with Crippen molar-refractivity contribution < 1.29 is 4.79 Å². The standard InChI is InChI=1S/C23H23N5O2/c1-14-9-10-18-19(12-14)26-21(25-18)20-8-5-11-27(20)22(29)15(2)28-13-24-17-7-4-3-6-16(17)23(28)30/h3-4,6-7,9-10,12-13,15,20H,5,8,11H2,1-2H3,(H,25,26)/t15-,20-/m0/s1. The Balaban J connectivity index is 1.47. The summed E-state index contributed by atoms with van der Waals surface area (Å²) in [5, 5.41) is 0.519. The van der Waals surface area contributed by atoms with E-state index in [0.29, 0.717) is 17.4 Å². The van der Waals surface area contributed by atoms with Crippen LogP contribution in [0.3, 0.4) is 0 Å². The van der Waals surface area contributed by atoms with Crippen molar-refractivity contribution in [1.29, 1.82) is 0 Å². The van der Waals surface area contributed by atoms with Crippen LogP contribution in [0.1, 0.15) is 43.2 Å². The molecule has 5 rings (SSSR count). The van der Waals surface area contributed by atoms with E-state index in [-0.39, 0.29) is 17.5 Å². The van der Waals surface area contributed by atoms with Gasteiger partial charge in [-0.3, -0.25) is 14.2 Å². The quantitative estimate of drug-likeness (QED) is 0.569. The molecule has 2 aromatic carbocycles. The molecule has 3 heterocycles. The first-order valence-electron chi connectivity index (χ1n) is 10.3. The predicted octanol–water partition coefficient (Wildman–Crippen LogP) is 3.51. The molecule has 1 saturated heterocycles. The Labute approximate surface area is 173 Å². The Morgan fingerprint density at radius 3 is 2.90 bits per heavy atom. The lowest BCUT2D eigenvalue weighted by Crippen LogP contribution is -2.39. The number of amides is 1. The number of benzene rings is 2. The molecule has 1 aliphatic rings. The second-order valence-corrected chi connectivity index (χ2v) is 7.98. The summed E-state index contributed by atoms with van der Waals surface area (Å²) in [5.74, 6) is 0.714. The summed E-state index contributed by atoms with van der Waals surface area (Å²) >= 11 is 0. The summed E-state index contributed by atoms with van der Waals surface area (Å²) in [4.78, 5) is 40.6. The van der Waals surface area contributed by atoms with E-state index in [2.05, 4.69) is 16.0 Å². The van der Waals surface area contributed by atoms with E-state index in [4.69, 9.17) is 4.98 Å². The van der Waals surface area contributed by atoms with Crippen LogP contribution in [0.15, 0.2) is 53.6 Å². The van der Waals surface area contributed by atoms with Crippen molar-refractivity contribution in [1.82, 2.24) is 24.4 Å². The van der Waals surface area contributed by atoms with Gasteiger partial charge in [0.25, 0.3) is 5.56 Å². The molecule has 0 aliphatic carbocycles. The molecule has 7 nitrogen and oxygen atoms in total. The van der Waals surface area contributed by atoms with E-state index in [0.717, 1.165) is 35.3 Å². The van der Waals surface area contributed by atoms with E-state index < -0.39 is 6.04 Å². The largest absolute Gasteiger partial charge is 0.340 e. The number of nitrogens with zero attached hydrogens (tertiary/aromatic N) is 4. The normalized spacial score (nSPS) is 17.7. The highest BCUT2D eigenvalue weighted by molar-refractivity contribution is 5.82. The number of rotatable bonds is 3. The van der Waals surface area contributed by atoms with Gasteiger partial charge in [0.05, 0.1) is 34.3 Å². The Kier molecular flexibility index (Phi) is 4.38. The third kappa shape index (κ3) is 2.98. The minimum atomic E-state index is -0.637. The van der Waals surface area contributed by atoms with E-state index in [9.17, 15) is 9.59 Å². The maximum absolute atomic E-state index is 13.4. The van der Waals surface area contributed by atoms with Crippen LogP contribution in [0, 0.1) is 6.92 Å². The van der Waals surface area contributed by atoms with Gasteiger partial charge in [0.1, 0.15) is 11.9 Å². The van der Waals surface area contributed by atoms with Gasteiger partial charge in [-0.05, 0) is 56.5 Å². The second-order valence-electron chi connectivity index (χ2n) is 7.98. The van der Waals surface area contributed by atoms with E-state index >= 15 is 0 Å². The van der Waals surface area contributed by atoms with Crippen molar-refractivity contribution >= 4 is 27.8 Å². The smallest absolute Gasteiger partial charge is 0.261 e. The zero-order valence-corrected chi connectivity index (χ0v) is 17.0. The lowest BCUT2D eigenvalue weighted by atomic mass is 10.2. The Morgan fingerprint density at radius 2 is 2.03 bits per heavy atom. The summed E-state index contributed by atoms with van der Waals surface area (Å²) in [7, 11) is 0. The zero-order chi connectivity index (χ0) is 20.8. The molecular weight excluding hydrogens is 378 g/mol. The van der Waals surface area contributed by atoms with Crippen LogP contribution in [-0.4, -0.2) is 36.9 Å². The average Bonchev–Trinajstić information content (AvgIpc) is 3.39. The molecule has 152 valence electrons. The number of aromatic nitrogens is 4. The lowest BCUT2D eigenvalue weighted by molar-refractivity contribution is -0.135. The first-order valence-corrected chi connectivity index (χ1v) is 10.3. The van der Waals surface area contributed by atoms with Gasteiger partial charge in [0, 0.05) is 6.54 Å². The maximum atomic E-state index is 13.4. The highest BCUT2D eigenvalue weighted by Gasteiger charge is 2.35. The molecule has 1 aliphatic heterocycles. The van der Waals surface area contributed by atoms with Gasteiger partial charge in [-0.15, -0.1) is 0 Å². The molecule has 0 unspecified atom stereocenters. The summed E-state index contributed by atoms with van der Waals surface area (Å²) < 4.78 is 1.43. The van der Waals surface area contributed by atoms with Crippen molar-refractivity contribution in [2.45, 2.75) is 38.8 Å². The molecule has 4 aromatic rings. The summed E-state index contributed by atoms with van der Waals surface area (Å²) in [6, 6.07) is 12.5. The SMILES string of the molecule is Cc1ccc2nc([C@@H]3CCCN3C(=O)[C@H](C)n3cnc4ccccc4c3=O)[nH]c2c1. The summed E-state index contributed by atoms with van der Waals surface area (Å²) in [6.45, 7) is 4.46. The van der Waals surface area contributed by atoms with Crippen LogP contribution in [0.4, 0.5) is 0 Å². The van der Waals surface area contributed by atoms with Crippen LogP contribution in [-0.2, 0) is 4.79 Å². The predicted molar refractivity (Wildman–Crippen MR) is 115 cm³/mol. The molecular formula is C23H23N5O2. The van der Waals surface area contributed by atoms with Gasteiger partial charge >= 0.3 is 0 Å². The number of para-hydroxylation sites is 1. The highest BCUT2D eigenvalue weighted by atomic mass is 16.2. The van der Waals surface area contributed by atoms with Crippen LogP contribution in [0.5, 0.6) is 0 Å². The fraction of sp³-hybridized carbons (Fsp3) is 0.304. The van der Waals surface area contributed by atoms with Gasteiger partial charge < -0.3 is 9.88 Å². The number of fused-ring (bicyclic) bond motifs is 2. The summed E-state index contributed by atoms with van der Waals surface area (Å²) in [5.41, 5.74) is 3.48. The number of aromatic amines is 1. The molecule has 0 bridgehead atoms. The minimum Gasteiger partial charge on any atom is -0.340 e. The lowest BCUT2D eigenvalue weighted by Gasteiger charge is -2.27. The van der Waals surface area contributed by atoms with Gasteiger partial charge in [-0.2, -0.15) is 0 Å². The van der Waals surface area contributed by atoms with Gasteiger partial charge in [-0.25, -0.2) is 9.97 Å². The molecule has 2 atom stereocenters. The molecule has 1 fully saturated rings. The molecule has 30 heavy (non-hydrogen) atoms. The second kappa shape index (κ2) is 7.09. The number of aryl methyl sites for hydroxylation is 1. The number of H-pyrrole nitrogens is 1. The number of hydrogen-bond acceptors (Lipinski definition) is 4. The third-order valence-electron chi connectivity index (χ3n) is 5.97. The third-order valence-corrected chi connectivity index (χ3v) is 5.97. The number of carbonyl (C=O) groups is 1. The summed E-state index contributed by atoms with van der Waals surface area (Å²) in [6.07, 6.45) is 3.23. The van der Waals surface area contributed by atoms with Crippen molar-refractivity contribution in [2.75, 3.05) is 6.54 Å². The Hall–Kier alpha value is -3.48. The molecule has 2 aromatic heterocycles. The van der Waals surface area contributed by atoms with E-state index in [1.54, 1.807) is 19.1 Å². The van der Waals surface area contributed by atoms with Crippen LogP contribution >= 0.6 is 0 Å². The van der Waals surface area contributed by atoms with Gasteiger partial charge in [0.15, 0.2) is 0 Å². The van der Waals surface area contributed by atoms with E-state index in [1.807, 2.05) is 36.1 Å². The van der Waals surface area contributed by atoms with Crippen molar-refractivity contribution in [2.24, 2.45) is 0 Å². The Morgan fingerprint density at radius 1 is 1.20 bits per heavy atom. The Bertz CT molecular complexity index is 1320. The minimum absolute atomic E-state index is 0.0895. The van der Waals surface area contributed by atoms with E-state index in [1.165, 1.54) is 10.9 Å². The van der Waals surface area contributed by atoms with Crippen molar-refractivity contribution in [3.05, 3.63) is 70.5 Å². The van der Waals surface area contributed by atoms with Crippen molar-refractivity contribution in [3.8, 4) is 0 Å². The number of nitrogens with one attached hydrogen (secondary N) is 1. The van der Waals surface area contributed by atoms with Gasteiger partial charge in [-0.1, -0.05) is 18.2 Å². The number of carbonyl (C=O) groups excluding carboxylic acids is 1. The molecule has 0 radical (unpaired) electrons. The number of likely N-dealkylation sites (tertiary alicyclic amines) is 1. The van der Waals surface area contributed by atoms with Crippen molar-refractivity contribution in [3.63, 3.8) is 0 Å². The molecule has 0 saturated carbocycles. The molecule has 1 N–H and O–H groups in total. The monoisotopic (exact) mass is 401 g/mol. The van der Waals surface area contributed by atoms with Crippen LogP contribution < -0.4 is 5.56 Å². The first-order chi connectivity index (χ1) is 14.5. The number of imidazole rings is 1. The first kappa shape index (κ1) is 18.5. The fourth-order valence-corrected chi connectivity index (χ4v) is 4.33. The molecule has 1 amide bonds. The highest BCUT2D eigenvalue weighted by Crippen LogP contribution is 2.33. The average molecular weight is 401 g/mol. The molecule has 7 heteroatoms.